The first-order chi connectivity index (χ1) is 6.02. The van der Waals surface area contributed by atoms with Crippen LogP contribution in [0.25, 0.3) is 0 Å². The lowest BCUT2D eigenvalue weighted by atomic mass is 10.0. The zero-order valence-corrected chi connectivity index (χ0v) is 8.46. The van der Waals surface area contributed by atoms with Crippen LogP contribution in [0.15, 0.2) is 0 Å². The minimum Gasteiger partial charge on any atom is -0.370 e. The first kappa shape index (κ1) is 11.9. The molecule has 1 radical (unpaired) electrons. The Morgan fingerprint density at radius 1 is 1.31 bits per heavy atom. The van der Waals surface area contributed by atoms with Crippen molar-refractivity contribution in [2.75, 3.05) is 13.6 Å². The van der Waals surface area contributed by atoms with Gasteiger partial charge in [0.05, 0.1) is 5.92 Å². The van der Waals surface area contributed by atoms with E-state index in [0.29, 0.717) is 18.9 Å². The summed E-state index contributed by atoms with van der Waals surface area (Å²) in [5.41, 5.74) is 5.02. The summed E-state index contributed by atoms with van der Waals surface area (Å²) in [5, 5.41) is 0. The molecule has 2 N–H and O–H groups in total. The highest BCUT2D eigenvalue weighted by Gasteiger charge is 2.21. The van der Waals surface area contributed by atoms with Crippen LogP contribution < -0.4 is 5.73 Å². The zero-order valence-electron chi connectivity index (χ0n) is 8.46. The summed E-state index contributed by atoms with van der Waals surface area (Å²) in [7, 11) is 1.71. The minimum absolute atomic E-state index is 0.0691. The fourth-order valence-corrected chi connectivity index (χ4v) is 0.976. The topological polar surface area (TPSA) is 63.4 Å². The van der Waals surface area contributed by atoms with Crippen molar-refractivity contribution in [3.63, 3.8) is 0 Å². The highest BCUT2D eigenvalue weighted by Crippen LogP contribution is 2.13. The molecule has 0 saturated carbocycles. The lowest BCUT2D eigenvalue weighted by molar-refractivity contribution is -0.129. The lowest BCUT2D eigenvalue weighted by Crippen LogP contribution is -2.33. The fraction of sp³-hybridized carbons (Fsp3) is 0.667. The first-order valence-electron chi connectivity index (χ1n) is 4.41. The molecule has 0 aromatic carbocycles. The van der Waals surface area contributed by atoms with E-state index in [9.17, 15) is 9.59 Å². The van der Waals surface area contributed by atoms with Crippen LogP contribution in [-0.4, -0.2) is 30.3 Å². The lowest BCUT2D eigenvalue weighted by Gasteiger charge is -2.19. The molecule has 0 saturated heterocycles. The van der Waals surface area contributed by atoms with Gasteiger partial charge in [0.25, 0.3) is 0 Å². The molecular weight excluding hydrogens is 168 g/mol. The monoisotopic (exact) mass is 185 g/mol. The largest absolute Gasteiger partial charge is 0.370 e. The highest BCUT2D eigenvalue weighted by molar-refractivity contribution is 5.94. The molecular formula is C9H17N2O2. The number of primary amides is 1. The Kier molecular flexibility index (Phi) is 5.11. The van der Waals surface area contributed by atoms with E-state index in [-0.39, 0.29) is 12.3 Å². The van der Waals surface area contributed by atoms with Crippen molar-refractivity contribution >= 4 is 11.8 Å². The van der Waals surface area contributed by atoms with Gasteiger partial charge in [-0.25, -0.2) is 0 Å². The Hall–Kier alpha value is -1.06. The second-order valence-electron chi connectivity index (χ2n) is 2.92. The van der Waals surface area contributed by atoms with E-state index in [1.165, 1.54) is 0 Å². The number of nitrogens with two attached hydrogens (primary N) is 1. The molecule has 0 aromatic rings. The van der Waals surface area contributed by atoms with Gasteiger partial charge in [-0.3, -0.25) is 9.59 Å². The van der Waals surface area contributed by atoms with Crippen LogP contribution in [0.1, 0.15) is 26.7 Å². The fourth-order valence-electron chi connectivity index (χ4n) is 0.976. The summed E-state index contributed by atoms with van der Waals surface area (Å²) >= 11 is 0. The van der Waals surface area contributed by atoms with Crippen LogP contribution in [0.5, 0.6) is 0 Å². The summed E-state index contributed by atoms with van der Waals surface area (Å²) in [4.78, 5) is 23.7. The van der Waals surface area contributed by atoms with Gasteiger partial charge in [0, 0.05) is 20.0 Å². The Morgan fingerprint density at radius 3 is 2.15 bits per heavy atom. The summed E-state index contributed by atoms with van der Waals surface area (Å²) < 4.78 is 0. The van der Waals surface area contributed by atoms with E-state index in [1.807, 2.05) is 13.8 Å². The van der Waals surface area contributed by atoms with Gasteiger partial charge in [-0.2, -0.15) is 0 Å². The van der Waals surface area contributed by atoms with E-state index in [4.69, 9.17) is 5.73 Å². The molecule has 0 unspecified atom stereocenters. The molecule has 0 spiro atoms. The van der Waals surface area contributed by atoms with Crippen molar-refractivity contribution in [3.8, 4) is 0 Å². The van der Waals surface area contributed by atoms with Crippen molar-refractivity contribution in [2.45, 2.75) is 26.7 Å². The first-order valence-corrected chi connectivity index (χ1v) is 4.41. The quantitative estimate of drug-likeness (QED) is 0.670. The van der Waals surface area contributed by atoms with Crippen molar-refractivity contribution < 1.29 is 9.59 Å². The molecule has 0 aromatic heterocycles. The van der Waals surface area contributed by atoms with E-state index in [0.717, 1.165) is 0 Å². The van der Waals surface area contributed by atoms with E-state index in [1.54, 1.807) is 11.9 Å². The molecule has 0 rings (SSSR count). The van der Waals surface area contributed by atoms with Crippen LogP contribution in [0, 0.1) is 5.92 Å². The van der Waals surface area contributed by atoms with E-state index < -0.39 is 5.91 Å². The van der Waals surface area contributed by atoms with Gasteiger partial charge >= 0.3 is 0 Å². The number of rotatable bonds is 5. The van der Waals surface area contributed by atoms with Gasteiger partial charge in [-0.1, -0.05) is 6.92 Å². The molecule has 75 valence electrons. The molecule has 0 heterocycles. The second-order valence-corrected chi connectivity index (χ2v) is 2.92. The van der Waals surface area contributed by atoms with Crippen molar-refractivity contribution in [3.05, 3.63) is 5.92 Å². The van der Waals surface area contributed by atoms with Crippen LogP contribution in [0.3, 0.4) is 0 Å². The summed E-state index contributed by atoms with van der Waals surface area (Å²) in [6.45, 7) is 4.37. The molecule has 0 aliphatic heterocycles. The average molecular weight is 185 g/mol. The maximum Gasteiger partial charge on any atom is 0.230 e. The van der Waals surface area contributed by atoms with Gasteiger partial charge < -0.3 is 10.6 Å². The third kappa shape index (κ3) is 3.92. The van der Waals surface area contributed by atoms with Gasteiger partial charge in [0.2, 0.25) is 11.8 Å². The second kappa shape index (κ2) is 5.56. The summed E-state index contributed by atoms with van der Waals surface area (Å²) in [5.74, 6) is 0.0513. The predicted octanol–water partition coefficient (Wildman–Crippen LogP) is 0.325. The molecule has 4 heteroatoms. The van der Waals surface area contributed by atoms with Gasteiger partial charge in [-0.15, -0.1) is 0 Å². The molecule has 13 heavy (non-hydrogen) atoms. The molecule has 0 aliphatic rings. The number of nitrogens with zero attached hydrogens (tertiary/aromatic N) is 1. The van der Waals surface area contributed by atoms with Crippen LogP contribution in [0.2, 0.25) is 0 Å². The third-order valence-corrected chi connectivity index (χ3v) is 1.94. The molecule has 0 aliphatic carbocycles. The molecule has 0 bridgehead atoms. The Labute approximate surface area is 79.1 Å². The van der Waals surface area contributed by atoms with E-state index >= 15 is 0 Å². The molecule has 0 fully saturated rings. The van der Waals surface area contributed by atoms with Crippen molar-refractivity contribution in [1.82, 2.24) is 4.90 Å². The van der Waals surface area contributed by atoms with Crippen molar-refractivity contribution in [1.29, 1.82) is 0 Å². The number of carbonyl (C=O) groups excluding carboxylic acids is 2. The van der Waals surface area contributed by atoms with Gasteiger partial charge in [0.1, 0.15) is 0 Å². The molecule has 0 atom stereocenters. The molecule has 2 amide bonds. The number of amides is 2. The maximum atomic E-state index is 11.5. The van der Waals surface area contributed by atoms with Crippen molar-refractivity contribution in [2.24, 2.45) is 5.73 Å². The molecule has 4 nitrogen and oxygen atoms in total. The van der Waals surface area contributed by atoms with Crippen LogP contribution in [0.4, 0.5) is 0 Å². The number of carbonyl (C=O) groups is 2. The predicted molar refractivity (Wildman–Crippen MR) is 50.7 cm³/mol. The van der Waals surface area contributed by atoms with Gasteiger partial charge in [-0.05, 0) is 13.3 Å². The van der Waals surface area contributed by atoms with Gasteiger partial charge in [0.15, 0.2) is 0 Å². The summed E-state index contributed by atoms with van der Waals surface area (Å²) in [6.07, 6.45) is 0.645. The maximum absolute atomic E-state index is 11.5. The Balaban J connectivity index is 4.22. The summed E-state index contributed by atoms with van der Waals surface area (Å²) in [6, 6.07) is 0. The normalized spacial score (nSPS) is 10.2. The number of hydrogen-bond acceptors (Lipinski definition) is 2. The third-order valence-electron chi connectivity index (χ3n) is 1.94. The Morgan fingerprint density at radius 2 is 1.85 bits per heavy atom. The smallest absolute Gasteiger partial charge is 0.230 e. The Bertz CT molecular complexity index is 192. The van der Waals surface area contributed by atoms with E-state index in [2.05, 4.69) is 0 Å². The number of hydrogen-bond donors (Lipinski definition) is 1. The SMILES string of the molecule is CC[C](CC(N)=O)C(=O)N(C)CC. The average Bonchev–Trinajstić information content (AvgIpc) is 2.11. The minimum atomic E-state index is -0.449. The highest BCUT2D eigenvalue weighted by atomic mass is 16.2. The van der Waals surface area contributed by atoms with Crippen LogP contribution in [-0.2, 0) is 9.59 Å². The van der Waals surface area contributed by atoms with Crippen LogP contribution >= 0.6 is 0 Å². The standard InChI is InChI=1S/C9H17N2O2/c1-4-7(6-8(10)12)9(13)11(3)5-2/h4-6H2,1-3H3,(H2,10,12). The zero-order chi connectivity index (χ0) is 10.4.